The zero-order valence-corrected chi connectivity index (χ0v) is 9.60. The molecule has 0 radical (unpaired) electrons. The summed E-state index contributed by atoms with van der Waals surface area (Å²) < 4.78 is 13.0. The summed E-state index contributed by atoms with van der Waals surface area (Å²) in [4.78, 5) is 17.5. The van der Waals surface area contributed by atoms with Crippen LogP contribution in [0.5, 0.6) is 0 Å². The first-order chi connectivity index (χ1) is 8.20. The van der Waals surface area contributed by atoms with E-state index < -0.39 is 5.82 Å². The molecule has 0 atom stereocenters. The maximum Gasteiger partial charge on any atom is 0.255 e. The lowest BCUT2D eigenvalue weighted by molar-refractivity contribution is 0.0692. The van der Waals surface area contributed by atoms with Crippen LogP contribution in [-0.4, -0.2) is 35.4 Å². The SMILES string of the molecule is NCC1CCN(C(=O)c2cncc(F)c2)CC1. The molecule has 0 saturated carbocycles. The van der Waals surface area contributed by atoms with Gasteiger partial charge in [-0.3, -0.25) is 9.78 Å². The Morgan fingerprint density at radius 1 is 1.47 bits per heavy atom. The molecule has 1 aromatic rings. The molecule has 1 amide bonds. The summed E-state index contributed by atoms with van der Waals surface area (Å²) in [5.74, 6) is -0.121. The largest absolute Gasteiger partial charge is 0.339 e. The summed E-state index contributed by atoms with van der Waals surface area (Å²) in [6, 6.07) is 1.23. The van der Waals surface area contributed by atoms with Gasteiger partial charge in [-0.1, -0.05) is 0 Å². The van der Waals surface area contributed by atoms with E-state index in [-0.39, 0.29) is 5.91 Å². The monoisotopic (exact) mass is 237 g/mol. The van der Waals surface area contributed by atoms with Crippen molar-refractivity contribution >= 4 is 5.91 Å². The third-order valence-corrected chi connectivity index (χ3v) is 3.19. The zero-order chi connectivity index (χ0) is 12.3. The van der Waals surface area contributed by atoms with Crippen LogP contribution in [0.15, 0.2) is 18.5 Å². The van der Waals surface area contributed by atoms with Gasteiger partial charge in [0.2, 0.25) is 0 Å². The average molecular weight is 237 g/mol. The molecule has 4 nitrogen and oxygen atoms in total. The molecule has 0 aliphatic carbocycles. The number of likely N-dealkylation sites (tertiary alicyclic amines) is 1. The summed E-state index contributed by atoms with van der Waals surface area (Å²) in [5.41, 5.74) is 5.91. The van der Waals surface area contributed by atoms with Gasteiger partial charge in [0, 0.05) is 19.3 Å². The minimum atomic E-state index is -0.479. The van der Waals surface area contributed by atoms with Gasteiger partial charge in [-0.15, -0.1) is 0 Å². The molecular weight excluding hydrogens is 221 g/mol. The second-order valence-electron chi connectivity index (χ2n) is 4.36. The molecule has 5 heteroatoms. The van der Waals surface area contributed by atoms with E-state index in [0.717, 1.165) is 19.0 Å². The number of pyridine rings is 1. The number of nitrogens with zero attached hydrogens (tertiary/aromatic N) is 2. The van der Waals surface area contributed by atoms with Crippen LogP contribution in [0.4, 0.5) is 4.39 Å². The summed E-state index contributed by atoms with van der Waals surface area (Å²) >= 11 is 0. The van der Waals surface area contributed by atoms with Gasteiger partial charge >= 0.3 is 0 Å². The standard InChI is InChI=1S/C12H16FN3O/c13-11-5-10(7-15-8-11)12(17)16-3-1-9(6-14)2-4-16/h5,7-9H,1-4,6,14H2. The van der Waals surface area contributed by atoms with Gasteiger partial charge in [0.1, 0.15) is 5.82 Å². The second kappa shape index (κ2) is 5.23. The fourth-order valence-electron chi connectivity index (χ4n) is 2.08. The molecule has 0 bridgehead atoms. The number of carbonyl (C=O) groups is 1. The zero-order valence-electron chi connectivity index (χ0n) is 9.60. The normalized spacial score (nSPS) is 17.2. The molecule has 0 unspecified atom stereocenters. The van der Waals surface area contributed by atoms with E-state index in [4.69, 9.17) is 5.73 Å². The summed E-state index contributed by atoms with van der Waals surface area (Å²) in [7, 11) is 0. The number of hydrogen-bond acceptors (Lipinski definition) is 3. The maximum absolute atomic E-state index is 13.0. The van der Waals surface area contributed by atoms with Crippen LogP contribution in [0.2, 0.25) is 0 Å². The van der Waals surface area contributed by atoms with Crippen LogP contribution < -0.4 is 5.73 Å². The lowest BCUT2D eigenvalue weighted by atomic mass is 9.97. The van der Waals surface area contributed by atoms with Gasteiger partial charge in [-0.05, 0) is 31.4 Å². The first kappa shape index (κ1) is 12.0. The van der Waals surface area contributed by atoms with Crippen LogP contribution >= 0.6 is 0 Å². The van der Waals surface area contributed by atoms with Crippen molar-refractivity contribution in [3.63, 3.8) is 0 Å². The van der Waals surface area contributed by atoms with Crippen molar-refractivity contribution in [2.24, 2.45) is 11.7 Å². The van der Waals surface area contributed by atoms with Crippen molar-refractivity contribution in [2.75, 3.05) is 19.6 Å². The van der Waals surface area contributed by atoms with Crippen LogP contribution in [0.25, 0.3) is 0 Å². The number of piperidine rings is 1. The number of halogens is 1. The van der Waals surface area contributed by atoms with Gasteiger partial charge in [0.05, 0.1) is 11.8 Å². The van der Waals surface area contributed by atoms with Crippen molar-refractivity contribution in [3.05, 3.63) is 29.8 Å². The predicted molar refractivity (Wildman–Crippen MR) is 61.9 cm³/mol. The minimum Gasteiger partial charge on any atom is -0.339 e. The van der Waals surface area contributed by atoms with Crippen LogP contribution in [0, 0.1) is 11.7 Å². The predicted octanol–water partition coefficient (Wildman–Crippen LogP) is 1.03. The smallest absolute Gasteiger partial charge is 0.255 e. The summed E-state index contributed by atoms with van der Waals surface area (Å²) in [6.07, 6.45) is 4.34. The lowest BCUT2D eigenvalue weighted by Gasteiger charge is -2.31. The first-order valence-electron chi connectivity index (χ1n) is 5.80. The molecule has 2 N–H and O–H groups in total. The number of amides is 1. The quantitative estimate of drug-likeness (QED) is 0.835. The van der Waals surface area contributed by atoms with E-state index in [2.05, 4.69) is 4.98 Å². The number of hydrogen-bond donors (Lipinski definition) is 1. The third-order valence-electron chi connectivity index (χ3n) is 3.19. The highest BCUT2D eigenvalue weighted by molar-refractivity contribution is 5.93. The Hall–Kier alpha value is -1.49. The minimum absolute atomic E-state index is 0.146. The molecule has 1 aliphatic heterocycles. The fraction of sp³-hybridized carbons (Fsp3) is 0.500. The molecule has 1 aromatic heterocycles. The Kier molecular flexibility index (Phi) is 3.68. The summed E-state index contributed by atoms with van der Waals surface area (Å²) in [5, 5.41) is 0. The lowest BCUT2D eigenvalue weighted by Crippen LogP contribution is -2.40. The van der Waals surface area contributed by atoms with Crippen molar-refractivity contribution in [1.82, 2.24) is 9.88 Å². The number of nitrogens with two attached hydrogens (primary N) is 1. The van der Waals surface area contributed by atoms with Gasteiger partial charge in [0.25, 0.3) is 5.91 Å². The van der Waals surface area contributed by atoms with Crippen LogP contribution in [0.1, 0.15) is 23.2 Å². The van der Waals surface area contributed by atoms with E-state index >= 15 is 0 Å². The molecular formula is C12H16FN3O. The van der Waals surface area contributed by atoms with Crippen molar-refractivity contribution in [3.8, 4) is 0 Å². The number of carbonyl (C=O) groups excluding carboxylic acids is 1. The molecule has 1 aliphatic rings. The van der Waals surface area contributed by atoms with Gasteiger partial charge in [-0.2, -0.15) is 0 Å². The highest BCUT2D eigenvalue weighted by atomic mass is 19.1. The van der Waals surface area contributed by atoms with Crippen LogP contribution in [-0.2, 0) is 0 Å². The highest BCUT2D eigenvalue weighted by Crippen LogP contribution is 2.17. The second-order valence-corrected chi connectivity index (χ2v) is 4.36. The Labute approximate surface area is 99.6 Å². The fourth-order valence-corrected chi connectivity index (χ4v) is 2.08. The summed E-state index contributed by atoms with van der Waals surface area (Å²) in [6.45, 7) is 2.05. The van der Waals surface area contributed by atoms with E-state index in [1.54, 1.807) is 4.90 Å². The number of rotatable bonds is 2. The molecule has 1 fully saturated rings. The van der Waals surface area contributed by atoms with Gasteiger partial charge in [0.15, 0.2) is 0 Å². The highest BCUT2D eigenvalue weighted by Gasteiger charge is 2.23. The van der Waals surface area contributed by atoms with Gasteiger partial charge in [-0.25, -0.2) is 4.39 Å². The Morgan fingerprint density at radius 3 is 2.76 bits per heavy atom. The van der Waals surface area contributed by atoms with E-state index in [9.17, 15) is 9.18 Å². The molecule has 2 rings (SSSR count). The van der Waals surface area contributed by atoms with Gasteiger partial charge < -0.3 is 10.6 Å². The van der Waals surface area contributed by atoms with Crippen molar-refractivity contribution < 1.29 is 9.18 Å². The number of aromatic nitrogens is 1. The van der Waals surface area contributed by atoms with Crippen molar-refractivity contribution in [2.45, 2.75) is 12.8 Å². The molecule has 1 saturated heterocycles. The molecule has 92 valence electrons. The average Bonchev–Trinajstić information content (AvgIpc) is 2.38. The first-order valence-corrected chi connectivity index (χ1v) is 5.80. The Morgan fingerprint density at radius 2 is 2.18 bits per heavy atom. The Balaban J connectivity index is 2.02. The maximum atomic E-state index is 13.0. The Bertz CT molecular complexity index is 402. The van der Waals surface area contributed by atoms with E-state index in [1.807, 2.05) is 0 Å². The molecule has 0 aromatic carbocycles. The van der Waals surface area contributed by atoms with E-state index in [0.29, 0.717) is 31.1 Å². The third kappa shape index (κ3) is 2.79. The topological polar surface area (TPSA) is 59.2 Å². The molecule has 17 heavy (non-hydrogen) atoms. The molecule has 0 spiro atoms. The van der Waals surface area contributed by atoms with E-state index in [1.165, 1.54) is 12.3 Å². The van der Waals surface area contributed by atoms with Crippen molar-refractivity contribution in [1.29, 1.82) is 0 Å². The molecule has 2 heterocycles. The van der Waals surface area contributed by atoms with Crippen LogP contribution in [0.3, 0.4) is 0 Å².